The lowest BCUT2D eigenvalue weighted by molar-refractivity contribution is -0.147. The van der Waals surface area contributed by atoms with E-state index in [1.807, 2.05) is 13.0 Å². The molecule has 1 fully saturated rings. The van der Waals surface area contributed by atoms with Gasteiger partial charge in [0.15, 0.2) is 5.16 Å². The molecule has 7 heteroatoms. The van der Waals surface area contributed by atoms with Crippen molar-refractivity contribution in [2.45, 2.75) is 57.2 Å². The zero-order valence-electron chi connectivity index (χ0n) is 13.4. The summed E-state index contributed by atoms with van der Waals surface area (Å²) >= 11 is 1.13. The Morgan fingerprint density at radius 3 is 2.96 bits per heavy atom. The van der Waals surface area contributed by atoms with Gasteiger partial charge in [-0.05, 0) is 31.6 Å². The average Bonchev–Trinajstić information content (AvgIpc) is 2.52. The van der Waals surface area contributed by atoms with Crippen molar-refractivity contribution in [3.05, 3.63) is 21.6 Å². The molecule has 1 N–H and O–H groups in total. The lowest BCUT2D eigenvalue weighted by Gasteiger charge is -2.26. The van der Waals surface area contributed by atoms with E-state index in [0.29, 0.717) is 23.2 Å². The number of nitrogens with zero attached hydrogens (tertiary/aromatic N) is 2. The topological polar surface area (TPSA) is 95.8 Å². The molecule has 1 saturated carbocycles. The molecule has 2 rings (SSSR count). The monoisotopic (exact) mass is 335 g/mol. The van der Waals surface area contributed by atoms with Crippen LogP contribution in [-0.4, -0.2) is 27.8 Å². The fraction of sp³-hybridized carbons (Fsp3) is 0.625. The molecule has 1 aromatic heterocycles. The van der Waals surface area contributed by atoms with Gasteiger partial charge in [-0.3, -0.25) is 9.59 Å². The van der Waals surface area contributed by atoms with Gasteiger partial charge in [0.25, 0.3) is 5.56 Å². The summed E-state index contributed by atoms with van der Waals surface area (Å²) in [6, 6.07) is 1.86. The SMILES string of the molecule is CCc1nc(SCC(=O)O[C@@H]2CCC[C@H](C)C2)[nH]c(=O)c1C#N. The number of hydrogen-bond acceptors (Lipinski definition) is 6. The second kappa shape index (κ2) is 8.16. The number of H-pyrrole nitrogens is 1. The molecule has 2 atom stereocenters. The van der Waals surface area contributed by atoms with Crippen molar-refractivity contribution >= 4 is 17.7 Å². The number of thioether (sulfide) groups is 1. The summed E-state index contributed by atoms with van der Waals surface area (Å²) in [6.07, 6.45) is 4.63. The number of rotatable bonds is 5. The highest BCUT2D eigenvalue weighted by Gasteiger charge is 2.22. The Balaban J connectivity index is 1.93. The summed E-state index contributed by atoms with van der Waals surface area (Å²) in [5.74, 6) is 0.403. The molecule has 124 valence electrons. The Morgan fingerprint density at radius 2 is 2.30 bits per heavy atom. The van der Waals surface area contributed by atoms with Gasteiger partial charge in [-0.25, -0.2) is 4.98 Å². The van der Waals surface area contributed by atoms with Crippen LogP contribution in [0.4, 0.5) is 0 Å². The Labute approximate surface area is 139 Å². The van der Waals surface area contributed by atoms with E-state index in [1.54, 1.807) is 0 Å². The van der Waals surface area contributed by atoms with Crippen LogP contribution in [0.15, 0.2) is 9.95 Å². The number of carbonyl (C=O) groups excluding carboxylic acids is 1. The van der Waals surface area contributed by atoms with Crippen LogP contribution in [0.2, 0.25) is 0 Å². The minimum Gasteiger partial charge on any atom is -0.462 e. The Morgan fingerprint density at radius 1 is 1.52 bits per heavy atom. The summed E-state index contributed by atoms with van der Waals surface area (Å²) in [5.41, 5.74) is 0.0279. The molecule has 23 heavy (non-hydrogen) atoms. The molecule has 1 aromatic rings. The average molecular weight is 335 g/mol. The van der Waals surface area contributed by atoms with Crippen molar-refractivity contribution in [2.75, 3.05) is 5.75 Å². The van der Waals surface area contributed by atoms with Crippen molar-refractivity contribution in [1.29, 1.82) is 5.26 Å². The highest BCUT2D eigenvalue weighted by atomic mass is 32.2. The Kier molecular flexibility index (Phi) is 6.22. The van der Waals surface area contributed by atoms with Gasteiger partial charge in [-0.1, -0.05) is 32.0 Å². The number of esters is 1. The zero-order valence-corrected chi connectivity index (χ0v) is 14.2. The molecule has 0 bridgehead atoms. The van der Waals surface area contributed by atoms with E-state index in [2.05, 4.69) is 16.9 Å². The summed E-state index contributed by atoms with van der Waals surface area (Å²) < 4.78 is 5.48. The first-order valence-corrected chi connectivity index (χ1v) is 8.87. The zero-order chi connectivity index (χ0) is 16.8. The molecule has 1 aliphatic rings. The fourth-order valence-electron chi connectivity index (χ4n) is 2.77. The van der Waals surface area contributed by atoms with E-state index in [9.17, 15) is 9.59 Å². The van der Waals surface area contributed by atoms with Gasteiger partial charge in [0.05, 0.1) is 11.4 Å². The summed E-state index contributed by atoms with van der Waals surface area (Å²) in [5, 5.41) is 9.30. The van der Waals surface area contributed by atoms with Crippen molar-refractivity contribution < 1.29 is 9.53 Å². The molecule has 1 heterocycles. The molecule has 0 spiro atoms. The molecular weight excluding hydrogens is 314 g/mol. The standard InChI is InChI=1S/C16H21N3O3S/c1-3-13-12(8-17)15(21)19-16(18-13)23-9-14(20)22-11-6-4-5-10(2)7-11/h10-11H,3-7,9H2,1-2H3,(H,18,19,21)/t10-,11+/m0/s1. The lowest BCUT2D eigenvalue weighted by Crippen LogP contribution is -2.25. The molecule has 0 aliphatic heterocycles. The third kappa shape index (κ3) is 4.83. The highest BCUT2D eigenvalue weighted by molar-refractivity contribution is 7.99. The molecule has 0 saturated heterocycles. The Hall–Kier alpha value is -1.81. The number of aromatic amines is 1. The predicted octanol–water partition coefficient (Wildman–Crippen LogP) is 2.42. The minimum absolute atomic E-state index is 0.00558. The summed E-state index contributed by atoms with van der Waals surface area (Å²) in [6.45, 7) is 4.00. The maximum atomic E-state index is 11.9. The maximum Gasteiger partial charge on any atom is 0.316 e. The van der Waals surface area contributed by atoms with E-state index in [0.717, 1.165) is 31.0 Å². The largest absolute Gasteiger partial charge is 0.462 e. The van der Waals surface area contributed by atoms with E-state index in [4.69, 9.17) is 10.00 Å². The number of nitrogens with one attached hydrogen (secondary N) is 1. The van der Waals surface area contributed by atoms with Crippen LogP contribution >= 0.6 is 11.8 Å². The van der Waals surface area contributed by atoms with Gasteiger partial charge >= 0.3 is 5.97 Å². The van der Waals surface area contributed by atoms with Gasteiger partial charge in [0.1, 0.15) is 17.7 Å². The molecule has 1 aliphatic carbocycles. The molecule has 0 radical (unpaired) electrons. The van der Waals surface area contributed by atoms with Crippen LogP contribution < -0.4 is 5.56 Å². The number of aromatic nitrogens is 2. The van der Waals surface area contributed by atoms with E-state index < -0.39 is 5.56 Å². The number of aryl methyl sites for hydroxylation is 1. The fourth-order valence-corrected chi connectivity index (χ4v) is 3.43. The van der Waals surface area contributed by atoms with E-state index >= 15 is 0 Å². The van der Waals surface area contributed by atoms with Gasteiger partial charge < -0.3 is 9.72 Å². The predicted molar refractivity (Wildman–Crippen MR) is 87.2 cm³/mol. The van der Waals surface area contributed by atoms with Crippen LogP contribution in [0.25, 0.3) is 0 Å². The number of ether oxygens (including phenoxy) is 1. The first-order chi connectivity index (χ1) is 11.0. The van der Waals surface area contributed by atoms with Crippen LogP contribution in [0.3, 0.4) is 0 Å². The normalized spacial score (nSPS) is 20.7. The highest BCUT2D eigenvalue weighted by Crippen LogP contribution is 2.26. The maximum absolute atomic E-state index is 11.9. The molecule has 0 aromatic carbocycles. The second-order valence-corrected chi connectivity index (χ2v) is 6.79. The van der Waals surface area contributed by atoms with Crippen LogP contribution in [0.5, 0.6) is 0 Å². The second-order valence-electron chi connectivity index (χ2n) is 5.83. The van der Waals surface area contributed by atoms with Crippen LogP contribution in [0, 0.1) is 17.2 Å². The van der Waals surface area contributed by atoms with Crippen molar-refractivity contribution in [2.24, 2.45) is 5.92 Å². The van der Waals surface area contributed by atoms with Gasteiger partial charge in [-0.2, -0.15) is 5.26 Å². The van der Waals surface area contributed by atoms with Crippen molar-refractivity contribution in [1.82, 2.24) is 9.97 Å². The summed E-state index contributed by atoms with van der Waals surface area (Å²) in [7, 11) is 0. The summed E-state index contributed by atoms with van der Waals surface area (Å²) in [4.78, 5) is 30.5. The lowest BCUT2D eigenvalue weighted by atomic mass is 9.89. The molecular formula is C16H21N3O3S. The van der Waals surface area contributed by atoms with Crippen molar-refractivity contribution in [3.8, 4) is 6.07 Å². The number of hydrogen-bond donors (Lipinski definition) is 1. The quantitative estimate of drug-likeness (QED) is 0.504. The van der Waals surface area contributed by atoms with Gasteiger partial charge in [-0.15, -0.1) is 0 Å². The number of nitriles is 1. The van der Waals surface area contributed by atoms with Gasteiger partial charge in [0.2, 0.25) is 0 Å². The smallest absolute Gasteiger partial charge is 0.316 e. The third-order valence-corrected chi connectivity index (χ3v) is 4.78. The van der Waals surface area contributed by atoms with Crippen LogP contribution in [0.1, 0.15) is 50.8 Å². The van der Waals surface area contributed by atoms with Crippen LogP contribution in [-0.2, 0) is 16.0 Å². The van der Waals surface area contributed by atoms with Crippen molar-refractivity contribution in [3.63, 3.8) is 0 Å². The van der Waals surface area contributed by atoms with Gasteiger partial charge in [0, 0.05) is 0 Å². The van der Waals surface area contributed by atoms with E-state index in [1.165, 1.54) is 6.42 Å². The molecule has 0 amide bonds. The molecule has 0 unspecified atom stereocenters. The van der Waals surface area contributed by atoms with E-state index in [-0.39, 0.29) is 23.4 Å². The first kappa shape index (κ1) is 17.5. The number of carbonyl (C=O) groups is 1. The molecule has 6 nitrogen and oxygen atoms in total. The first-order valence-electron chi connectivity index (χ1n) is 7.89. The minimum atomic E-state index is -0.462. The Bertz CT molecular complexity index is 666. The third-order valence-electron chi connectivity index (χ3n) is 3.93.